The van der Waals surface area contributed by atoms with E-state index in [4.69, 9.17) is 0 Å². The lowest BCUT2D eigenvalue weighted by Gasteiger charge is -2.30. The van der Waals surface area contributed by atoms with Gasteiger partial charge in [-0.25, -0.2) is 17.7 Å². The molecule has 3 rings (SSSR count). The summed E-state index contributed by atoms with van der Waals surface area (Å²) in [6, 6.07) is 8.38. The Morgan fingerprint density at radius 1 is 1.26 bits per heavy atom. The molecular formula is C19H25N3O3S2. The first-order valence-electron chi connectivity index (χ1n) is 9.16. The molecule has 0 unspecified atom stereocenters. The van der Waals surface area contributed by atoms with Crippen molar-refractivity contribution in [3.8, 4) is 0 Å². The number of anilines is 1. The van der Waals surface area contributed by atoms with Gasteiger partial charge in [-0.05, 0) is 32.3 Å². The molecule has 0 spiro atoms. The lowest BCUT2D eigenvalue weighted by atomic mass is 9.97. The highest BCUT2D eigenvalue weighted by Gasteiger charge is 2.30. The van der Waals surface area contributed by atoms with E-state index in [2.05, 4.69) is 41.5 Å². The minimum Gasteiger partial charge on any atom is -0.302 e. The summed E-state index contributed by atoms with van der Waals surface area (Å²) in [4.78, 5) is 17.9. The van der Waals surface area contributed by atoms with Gasteiger partial charge in [0, 0.05) is 36.5 Å². The minimum absolute atomic E-state index is 0.0696. The fraction of sp³-hybridized carbons (Fsp3) is 0.474. The van der Waals surface area contributed by atoms with Gasteiger partial charge in [-0.15, -0.1) is 11.3 Å². The smallest absolute Gasteiger partial charge is 0.229 e. The van der Waals surface area contributed by atoms with Crippen molar-refractivity contribution in [2.75, 3.05) is 24.2 Å². The van der Waals surface area contributed by atoms with Crippen molar-refractivity contribution in [3.05, 3.63) is 46.5 Å². The first kappa shape index (κ1) is 20.0. The zero-order chi connectivity index (χ0) is 19.4. The number of piperidine rings is 1. The number of rotatable bonds is 6. The highest BCUT2D eigenvalue weighted by molar-refractivity contribution is 7.89. The highest BCUT2D eigenvalue weighted by Crippen LogP contribution is 2.25. The Morgan fingerprint density at radius 3 is 2.56 bits per heavy atom. The predicted molar refractivity (Wildman–Crippen MR) is 108 cm³/mol. The average molecular weight is 408 g/mol. The molecule has 1 N–H and O–H groups in total. The van der Waals surface area contributed by atoms with Crippen LogP contribution in [0.25, 0.3) is 0 Å². The molecule has 2 aromatic rings. The van der Waals surface area contributed by atoms with Crippen LogP contribution in [0.5, 0.6) is 0 Å². The Kier molecular flexibility index (Phi) is 6.29. The Labute approximate surface area is 164 Å². The largest absolute Gasteiger partial charge is 0.302 e. The van der Waals surface area contributed by atoms with Crippen molar-refractivity contribution in [1.82, 2.24) is 9.29 Å². The summed E-state index contributed by atoms with van der Waals surface area (Å²) < 4.78 is 25.3. The number of thiazole rings is 1. The van der Waals surface area contributed by atoms with E-state index in [1.165, 1.54) is 26.8 Å². The molecule has 146 valence electrons. The zero-order valence-electron chi connectivity index (χ0n) is 15.6. The fourth-order valence-corrected chi connectivity index (χ4v) is 5.12. The molecule has 0 atom stereocenters. The molecule has 8 heteroatoms. The SMILES string of the molecule is CCS(=O)(=O)N1CCC(C(=O)Nc2ncc(Cc3ccc(C)cc3)s2)CC1. The van der Waals surface area contributed by atoms with E-state index < -0.39 is 10.0 Å². The number of aryl methyl sites for hydroxylation is 1. The number of sulfonamides is 1. The topological polar surface area (TPSA) is 79.4 Å². The first-order valence-corrected chi connectivity index (χ1v) is 11.6. The molecule has 1 aromatic carbocycles. The fourth-order valence-electron chi connectivity index (χ4n) is 3.14. The number of nitrogens with zero attached hydrogens (tertiary/aromatic N) is 2. The van der Waals surface area contributed by atoms with Crippen molar-refractivity contribution in [2.24, 2.45) is 5.92 Å². The lowest BCUT2D eigenvalue weighted by Crippen LogP contribution is -2.42. The molecule has 1 fully saturated rings. The normalized spacial score (nSPS) is 16.4. The number of aromatic nitrogens is 1. The molecule has 0 saturated carbocycles. The van der Waals surface area contributed by atoms with Crippen molar-refractivity contribution in [3.63, 3.8) is 0 Å². The van der Waals surface area contributed by atoms with Crippen molar-refractivity contribution in [2.45, 2.75) is 33.1 Å². The lowest BCUT2D eigenvalue weighted by molar-refractivity contribution is -0.120. The van der Waals surface area contributed by atoms with Crippen LogP contribution < -0.4 is 5.32 Å². The maximum Gasteiger partial charge on any atom is 0.229 e. The molecule has 1 aliphatic heterocycles. The second kappa shape index (κ2) is 8.50. The quantitative estimate of drug-likeness (QED) is 0.798. The number of benzene rings is 1. The monoisotopic (exact) mass is 407 g/mol. The second-order valence-electron chi connectivity index (χ2n) is 6.86. The van der Waals surface area contributed by atoms with Crippen LogP contribution in [0.15, 0.2) is 30.5 Å². The summed E-state index contributed by atoms with van der Waals surface area (Å²) in [5, 5.41) is 3.50. The van der Waals surface area contributed by atoms with Gasteiger partial charge in [0.05, 0.1) is 5.75 Å². The highest BCUT2D eigenvalue weighted by atomic mass is 32.2. The van der Waals surface area contributed by atoms with E-state index in [-0.39, 0.29) is 17.6 Å². The van der Waals surface area contributed by atoms with E-state index in [1.54, 1.807) is 13.1 Å². The molecule has 27 heavy (non-hydrogen) atoms. The first-order chi connectivity index (χ1) is 12.9. The number of hydrogen-bond acceptors (Lipinski definition) is 5. The third-order valence-corrected chi connectivity index (χ3v) is 7.66. The van der Waals surface area contributed by atoms with Crippen molar-refractivity contribution >= 4 is 32.4 Å². The summed E-state index contributed by atoms with van der Waals surface area (Å²) in [5.41, 5.74) is 2.44. The van der Waals surface area contributed by atoms with Gasteiger partial charge >= 0.3 is 0 Å². The minimum atomic E-state index is -3.17. The third kappa shape index (κ3) is 5.15. The molecule has 0 aliphatic carbocycles. The number of nitrogens with one attached hydrogen (secondary N) is 1. The van der Waals surface area contributed by atoms with E-state index in [9.17, 15) is 13.2 Å². The van der Waals surface area contributed by atoms with Gasteiger partial charge in [-0.2, -0.15) is 0 Å². The van der Waals surface area contributed by atoms with Gasteiger partial charge in [-0.1, -0.05) is 29.8 Å². The standard InChI is InChI=1S/C19H25N3O3S2/c1-3-27(24,25)22-10-8-16(9-11-22)18(23)21-19-20-13-17(26-19)12-15-6-4-14(2)5-7-15/h4-7,13,16H,3,8-12H2,1-2H3,(H,20,21,23). The summed E-state index contributed by atoms with van der Waals surface area (Å²) in [7, 11) is -3.17. The number of hydrogen-bond donors (Lipinski definition) is 1. The Morgan fingerprint density at radius 2 is 1.93 bits per heavy atom. The molecule has 1 saturated heterocycles. The van der Waals surface area contributed by atoms with Crippen molar-refractivity contribution in [1.29, 1.82) is 0 Å². The predicted octanol–water partition coefficient (Wildman–Crippen LogP) is 3.04. The molecule has 0 radical (unpaired) electrons. The number of carbonyl (C=O) groups is 1. The molecule has 2 heterocycles. The van der Waals surface area contributed by atoms with E-state index in [0.717, 1.165) is 11.3 Å². The van der Waals surface area contributed by atoms with E-state index >= 15 is 0 Å². The number of amides is 1. The summed E-state index contributed by atoms with van der Waals surface area (Å²) >= 11 is 1.48. The number of carbonyl (C=O) groups excluding carboxylic acids is 1. The molecule has 1 aliphatic rings. The summed E-state index contributed by atoms with van der Waals surface area (Å²) in [6.45, 7) is 4.52. The Hall–Kier alpha value is -1.77. The summed E-state index contributed by atoms with van der Waals surface area (Å²) in [5.74, 6) is -0.134. The maximum absolute atomic E-state index is 12.5. The van der Waals surface area contributed by atoms with E-state index in [1.807, 2.05) is 0 Å². The molecule has 6 nitrogen and oxygen atoms in total. The molecule has 1 amide bonds. The van der Waals surface area contributed by atoms with Crippen LogP contribution in [0, 0.1) is 12.8 Å². The van der Waals surface area contributed by atoms with E-state index in [0.29, 0.717) is 31.1 Å². The van der Waals surface area contributed by atoms with Gasteiger partial charge in [0.15, 0.2) is 5.13 Å². The van der Waals surface area contributed by atoms with Crippen molar-refractivity contribution < 1.29 is 13.2 Å². The second-order valence-corrected chi connectivity index (χ2v) is 10.2. The zero-order valence-corrected chi connectivity index (χ0v) is 17.3. The van der Waals surface area contributed by atoms with Crippen LogP contribution in [0.3, 0.4) is 0 Å². The summed E-state index contributed by atoms with van der Waals surface area (Å²) in [6.07, 6.45) is 3.69. The third-order valence-electron chi connectivity index (χ3n) is 4.87. The van der Waals surface area contributed by atoms with Gasteiger partial charge in [-0.3, -0.25) is 4.79 Å². The van der Waals surface area contributed by atoms with Crippen LogP contribution in [-0.4, -0.2) is 42.5 Å². The average Bonchev–Trinajstić information content (AvgIpc) is 3.10. The Bertz CT molecular complexity index is 883. The van der Waals surface area contributed by atoms with Gasteiger partial charge in [0.25, 0.3) is 0 Å². The van der Waals surface area contributed by atoms with Crippen LogP contribution in [-0.2, 0) is 21.2 Å². The van der Waals surface area contributed by atoms with Gasteiger partial charge in [0.2, 0.25) is 15.9 Å². The molecular weight excluding hydrogens is 382 g/mol. The van der Waals surface area contributed by atoms with Crippen LogP contribution in [0.1, 0.15) is 35.8 Å². The maximum atomic E-state index is 12.5. The van der Waals surface area contributed by atoms with Crippen LogP contribution in [0.4, 0.5) is 5.13 Å². The van der Waals surface area contributed by atoms with Crippen LogP contribution in [0.2, 0.25) is 0 Å². The van der Waals surface area contributed by atoms with Gasteiger partial charge in [0.1, 0.15) is 0 Å². The van der Waals surface area contributed by atoms with Crippen LogP contribution >= 0.6 is 11.3 Å². The molecule has 1 aromatic heterocycles. The Balaban J connectivity index is 1.53. The molecule has 0 bridgehead atoms. The van der Waals surface area contributed by atoms with Gasteiger partial charge < -0.3 is 5.32 Å².